The van der Waals surface area contributed by atoms with Gasteiger partial charge in [0.05, 0.1) is 18.1 Å². The molecule has 0 saturated carbocycles. The summed E-state index contributed by atoms with van der Waals surface area (Å²) in [6.45, 7) is 3.78. The van der Waals surface area contributed by atoms with Crippen molar-refractivity contribution in [2.45, 2.75) is 64.4 Å². The van der Waals surface area contributed by atoms with E-state index in [1.54, 1.807) is 13.8 Å². The van der Waals surface area contributed by atoms with Gasteiger partial charge < -0.3 is 25.0 Å². The predicted octanol–water partition coefficient (Wildman–Crippen LogP) is 2.35. The molecular weight excluding hydrogens is 350 g/mol. The molecule has 0 spiro atoms. The van der Waals surface area contributed by atoms with E-state index in [9.17, 15) is 14.7 Å². The number of ether oxygens (including phenoxy) is 2. The van der Waals surface area contributed by atoms with Gasteiger partial charge in [-0.3, -0.25) is 4.79 Å². The van der Waals surface area contributed by atoms with Crippen LogP contribution in [0.2, 0.25) is 0 Å². The lowest BCUT2D eigenvalue weighted by Gasteiger charge is -2.31. The Hall–Kier alpha value is -2.12. The first-order valence-corrected chi connectivity index (χ1v) is 9.32. The van der Waals surface area contributed by atoms with E-state index in [1.807, 2.05) is 25.2 Å². The van der Waals surface area contributed by atoms with Gasteiger partial charge >= 0.3 is 11.9 Å². The molecule has 3 N–H and O–H groups in total. The summed E-state index contributed by atoms with van der Waals surface area (Å²) in [7, 11) is 1.83. The fraction of sp³-hybridized carbons (Fsp3) is 0.600. The second-order valence-electron chi connectivity index (χ2n) is 7.24. The fourth-order valence-corrected chi connectivity index (χ4v) is 3.12. The molecule has 1 aromatic carbocycles. The second-order valence-corrected chi connectivity index (χ2v) is 7.24. The summed E-state index contributed by atoms with van der Waals surface area (Å²) in [4.78, 5) is 22.9. The van der Waals surface area contributed by atoms with Crippen LogP contribution in [0.3, 0.4) is 0 Å². The zero-order valence-corrected chi connectivity index (χ0v) is 16.1. The molecule has 7 heteroatoms. The Morgan fingerprint density at radius 3 is 2.67 bits per heavy atom. The van der Waals surface area contributed by atoms with Gasteiger partial charge in [-0.2, -0.15) is 0 Å². The number of carboxylic acids is 1. The Labute approximate surface area is 159 Å². The molecule has 3 unspecified atom stereocenters. The highest BCUT2D eigenvalue weighted by atomic mass is 16.5. The summed E-state index contributed by atoms with van der Waals surface area (Å²) in [5.41, 5.74) is 2.86. The smallest absolute Gasteiger partial charge is 0.332 e. The largest absolute Gasteiger partial charge is 0.479 e. The number of nitrogens with one attached hydrogen (secondary N) is 1. The Morgan fingerprint density at radius 2 is 2.04 bits per heavy atom. The molecule has 0 aromatic heterocycles. The zero-order chi connectivity index (χ0) is 20.0. The second kappa shape index (κ2) is 9.71. The number of benzene rings is 1. The molecule has 150 valence electrons. The molecule has 0 bridgehead atoms. The molecule has 2 rings (SSSR count). The Bertz CT molecular complexity index is 660. The number of anilines is 1. The van der Waals surface area contributed by atoms with Crippen LogP contribution in [-0.2, 0) is 32.1 Å². The van der Waals surface area contributed by atoms with Crippen LogP contribution in [0.15, 0.2) is 18.2 Å². The molecule has 1 aliphatic rings. The summed E-state index contributed by atoms with van der Waals surface area (Å²) in [5.74, 6) is -1.48. The number of carbonyl (C=O) groups is 2. The van der Waals surface area contributed by atoms with E-state index in [0.717, 1.165) is 16.8 Å². The van der Waals surface area contributed by atoms with Crippen molar-refractivity contribution < 1.29 is 29.3 Å². The van der Waals surface area contributed by atoms with Crippen LogP contribution in [-0.4, -0.2) is 47.5 Å². The quantitative estimate of drug-likeness (QED) is 0.596. The van der Waals surface area contributed by atoms with E-state index in [-0.39, 0.29) is 31.0 Å². The van der Waals surface area contributed by atoms with Crippen molar-refractivity contribution in [3.05, 3.63) is 29.3 Å². The molecule has 0 aliphatic carbocycles. The van der Waals surface area contributed by atoms with Crippen LogP contribution in [0.25, 0.3) is 0 Å². The third kappa shape index (κ3) is 6.22. The van der Waals surface area contributed by atoms with Crippen molar-refractivity contribution in [1.82, 2.24) is 0 Å². The number of aliphatic carboxylic acids is 1. The van der Waals surface area contributed by atoms with Crippen molar-refractivity contribution in [2.75, 3.05) is 12.4 Å². The van der Waals surface area contributed by atoms with Crippen molar-refractivity contribution in [3.8, 4) is 0 Å². The predicted molar refractivity (Wildman–Crippen MR) is 100 cm³/mol. The Balaban J connectivity index is 2.04. The number of rotatable bonds is 8. The van der Waals surface area contributed by atoms with Gasteiger partial charge in [-0.15, -0.1) is 0 Å². The highest BCUT2D eigenvalue weighted by Gasteiger charge is 2.32. The van der Waals surface area contributed by atoms with Gasteiger partial charge in [0.15, 0.2) is 6.10 Å². The van der Waals surface area contributed by atoms with Gasteiger partial charge in [0.25, 0.3) is 0 Å². The topological polar surface area (TPSA) is 105 Å². The highest BCUT2D eigenvalue weighted by molar-refractivity contribution is 5.72. The Morgan fingerprint density at radius 1 is 1.30 bits per heavy atom. The number of hydrogen-bond donors (Lipinski definition) is 3. The minimum Gasteiger partial charge on any atom is -0.479 e. The van der Waals surface area contributed by atoms with Gasteiger partial charge in [-0.25, -0.2) is 4.79 Å². The molecule has 1 fully saturated rings. The van der Waals surface area contributed by atoms with E-state index < -0.39 is 18.2 Å². The minimum atomic E-state index is -1.04. The van der Waals surface area contributed by atoms with Crippen LogP contribution in [0.1, 0.15) is 44.2 Å². The average molecular weight is 379 g/mol. The van der Waals surface area contributed by atoms with E-state index in [2.05, 4.69) is 5.32 Å². The maximum absolute atomic E-state index is 11.8. The van der Waals surface area contributed by atoms with Gasteiger partial charge in [0, 0.05) is 19.2 Å². The highest BCUT2D eigenvalue weighted by Crippen LogP contribution is 2.25. The third-order valence-electron chi connectivity index (χ3n) is 4.73. The number of esters is 1. The summed E-state index contributed by atoms with van der Waals surface area (Å²) >= 11 is 0. The average Bonchev–Trinajstić information content (AvgIpc) is 2.64. The lowest BCUT2D eigenvalue weighted by atomic mass is 9.94. The van der Waals surface area contributed by atoms with Crippen molar-refractivity contribution >= 4 is 17.6 Å². The summed E-state index contributed by atoms with van der Waals surface area (Å²) in [5, 5.41) is 22.2. The first-order valence-electron chi connectivity index (χ1n) is 9.32. The van der Waals surface area contributed by atoms with Crippen molar-refractivity contribution in [1.29, 1.82) is 0 Å². The molecular formula is C20H29NO6. The molecule has 1 aromatic rings. The normalized spacial score (nSPS) is 22.5. The molecule has 1 saturated heterocycles. The number of aryl methyl sites for hydroxylation is 1. The maximum atomic E-state index is 11.8. The number of carboxylic acid groups (broad SMARTS) is 1. The summed E-state index contributed by atoms with van der Waals surface area (Å²) < 4.78 is 11.0. The van der Waals surface area contributed by atoms with Gasteiger partial charge in [0.1, 0.15) is 6.61 Å². The lowest BCUT2D eigenvalue weighted by Crippen LogP contribution is -2.40. The summed E-state index contributed by atoms with van der Waals surface area (Å²) in [6.07, 6.45) is -0.189. The van der Waals surface area contributed by atoms with Gasteiger partial charge in [0.2, 0.25) is 0 Å². The minimum absolute atomic E-state index is 0.122. The molecule has 3 atom stereocenters. The molecule has 7 nitrogen and oxygen atoms in total. The van der Waals surface area contributed by atoms with Crippen LogP contribution >= 0.6 is 0 Å². The van der Waals surface area contributed by atoms with E-state index in [1.165, 1.54) is 0 Å². The Kier molecular flexibility index (Phi) is 7.62. The maximum Gasteiger partial charge on any atom is 0.332 e. The fourth-order valence-electron chi connectivity index (χ4n) is 3.12. The zero-order valence-electron chi connectivity index (χ0n) is 16.1. The first-order chi connectivity index (χ1) is 12.8. The molecule has 0 amide bonds. The van der Waals surface area contributed by atoms with Gasteiger partial charge in [-0.1, -0.05) is 19.9 Å². The molecule has 0 radical (unpaired) electrons. The lowest BCUT2D eigenvalue weighted by molar-refractivity contribution is -0.166. The third-order valence-corrected chi connectivity index (χ3v) is 4.73. The molecule has 1 aliphatic heterocycles. The number of carbonyl (C=O) groups excluding carboxylic acids is 1. The molecule has 1 heterocycles. The van der Waals surface area contributed by atoms with E-state index in [4.69, 9.17) is 14.6 Å². The standard InChI is InChI=1S/C20H29NO6/c1-12(2)20(25)26-11-14-4-6-15(21-3)8-13(14)5-7-17-9-16(22)10-18(27-17)19(23)24/h4,6,8,12,16-18,21-22H,5,7,9-11H2,1-3H3,(H,23,24). The van der Waals surface area contributed by atoms with Crippen LogP contribution in [0.5, 0.6) is 0 Å². The number of aliphatic hydroxyl groups excluding tert-OH is 1. The number of aliphatic hydroxyl groups is 1. The van der Waals surface area contributed by atoms with Gasteiger partial charge in [-0.05, 0) is 42.5 Å². The van der Waals surface area contributed by atoms with Crippen molar-refractivity contribution in [2.24, 2.45) is 5.92 Å². The van der Waals surface area contributed by atoms with E-state index in [0.29, 0.717) is 19.3 Å². The van der Waals surface area contributed by atoms with Crippen LogP contribution in [0.4, 0.5) is 5.69 Å². The first kappa shape index (κ1) is 21.2. The van der Waals surface area contributed by atoms with Crippen LogP contribution < -0.4 is 5.32 Å². The molecule has 27 heavy (non-hydrogen) atoms. The van der Waals surface area contributed by atoms with E-state index >= 15 is 0 Å². The van der Waals surface area contributed by atoms with Crippen LogP contribution in [0, 0.1) is 5.92 Å². The summed E-state index contributed by atoms with van der Waals surface area (Å²) in [6, 6.07) is 5.83. The number of hydrogen-bond acceptors (Lipinski definition) is 6. The monoisotopic (exact) mass is 379 g/mol. The SMILES string of the molecule is CNc1ccc(COC(=O)C(C)C)c(CCC2CC(O)CC(C(=O)O)O2)c1. The van der Waals surface area contributed by atoms with Crippen molar-refractivity contribution in [3.63, 3.8) is 0 Å².